The molecule has 1 heterocycles. The van der Waals surface area contributed by atoms with Crippen molar-refractivity contribution < 1.29 is 0 Å². The first kappa shape index (κ1) is 10.2. The topological polar surface area (TPSA) is 3.24 Å². The van der Waals surface area contributed by atoms with Crippen LogP contribution in [0.15, 0.2) is 35.6 Å². The second-order valence-electron chi connectivity index (χ2n) is 2.89. The zero-order valence-electron chi connectivity index (χ0n) is 8.46. The van der Waals surface area contributed by atoms with Gasteiger partial charge >= 0.3 is 0 Å². The molecule has 0 saturated carbocycles. The van der Waals surface area contributed by atoms with Crippen LogP contribution < -0.4 is 0 Å². The molecule has 2 heteroatoms. The Bertz CT molecular complexity index is 251. The molecule has 1 nitrogen and oxygen atoms in total. The van der Waals surface area contributed by atoms with E-state index in [9.17, 15) is 0 Å². The van der Waals surface area contributed by atoms with Gasteiger partial charge in [-0.15, -0.1) is 0 Å². The lowest BCUT2D eigenvalue weighted by Crippen LogP contribution is -2.13. The summed E-state index contributed by atoms with van der Waals surface area (Å²) in [6, 6.07) is 0. The second-order valence-corrected chi connectivity index (χ2v) is 2.89. The van der Waals surface area contributed by atoms with E-state index in [1.54, 1.807) is 0 Å². The van der Waals surface area contributed by atoms with Crippen LogP contribution in [0.3, 0.4) is 0 Å². The van der Waals surface area contributed by atoms with Crippen LogP contribution >= 0.6 is 0 Å². The Balaban J connectivity index is 0.000000396. The van der Waals surface area contributed by atoms with Gasteiger partial charge in [0, 0.05) is 12.2 Å². The first-order valence-electron chi connectivity index (χ1n) is 4.96. The lowest BCUT2D eigenvalue weighted by molar-refractivity contribution is 0.621. The molecule has 2 rings (SSSR count). The average molecular weight is 173 g/mol. The average Bonchev–Trinajstić information content (AvgIpc) is 2.44. The summed E-state index contributed by atoms with van der Waals surface area (Å²) < 4.78 is 0. The highest BCUT2D eigenvalue weighted by atomic mass is 15.1. The number of hydrogen-bond acceptors (Lipinski definition) is 1. The standard InChI is InChI=1S/C9H10BN.C2H6/c10-11-7-6-8-4-2-1-3-5-9(8)11;1-2/h2-5H,1,6-7H2;1-2H3. The SMILES string of the molecule is CC.[B]N1CCC2=C1C=CCC=C2. The predicted octanol–water partition coefficient (Wildman–Crippen LogP) is 2.57. The summed E-state index contributed by atoms with van der Waals surface area (Å²) in [5, 5.41) is 0. The van der Waals surface area contributed by atoms with E-state index >= 15 is 0 Å². The molecule has 2 aliphatic rings. The Labute approximate surface area is 82.2 Å². The summed E-state index contributed by atoms with van der Waals surface area (Å²) >= 11 is 0. The minimum atomic E-state index is 0.958. The van der Waals surface area contributed by atoms with Crippen LogP contribution in [-0.2, 0) is 0 Å². The van der Waals surface area contributed by atoms with Crippen molar-refractivity contribution in [1.29, 1.82) is 0 Å². The molecule has 0 saturated heterocycles. The number of rotatable bonds is 0. The minimum Gasteiger partial charge on any atom is -0.424 e. The normalized spacial score (nSPS) is 19.4. The molecule has 0 fully saturated rings. The van der Waals surface area contributed by atoms with Crippen molar-refractivity contribution in [3.05, 3.63) is 35.6 Å². The van der Waals surface area contributed by atoms with Crippen molar-refractivity contribution in [3.63, 3.8) is 0 Å². The first-order valence-corrected chi connectivity index (χ1v) is 4.96. The van der Waals surface area contributed by atoms with Gasteiger partial charge in [0.05, 0.1) is 0 Å². The van der Waals surface area contributed by atoms with Crippen LogP contribution in [0.25, 0.3) is 0 Å². The van der Waals surface area contributed by atoms with E-state index in [4.69, 9.17) is 7.98 Å². The van der Waals surface area contributed by atoms with Gasteiger partial charge in [0.15, 0.2) is 0 Å². The van der Waals surface area contributed by atoms with Crippen molar-refractivity contribution in [2.24, 2.45) is 0 Å². The largest absolute Gasteiger partial charge is 0.424 e. The predicted molar refractivity (Wildman–Crippen MR) is 58.3 cm³/mol. The van der Waals surface area contributed by atoms with Crippen LogP contribution in [0.5, 0.6) is 0 Å². The van der Waals surface area contributed by atoms with Crippen molar-refractivity contribution in [1.82, 2.24) is 4.81 Å². The van der Waals surface area contributed by atoms with E-state index < -0.39 is 0 Å². The summed E-state index contributed by atoms with van der Waals surface area (Å²) in [5.41, 5.74) is 2.57. The lowest BCUT2D eigenvalue weighted by Gasteiger charge is -2.12. The molecule has 0 aromatic heterocycles. The van der Waals surface area contributed by atoms with E-state index in [1.807, 2.05) is 18.7 Å². The third kappa shape index (κ3) is 2.27. The smallest absolute Gasteiger partial charge is 0.226 e. The first-order chi connectivity index (χ1) is 6.38. The van der Waals surface area contributed by atoms with E-state index in [-0.39, 0.29) is 0 Å². The van der Waals surface area contributed by atoms with Gasteiger partial charge in [-0.25, -0.2) is 0 Å². The van der Waals surface area contributed by atoms with Gasteiger partial charge in [0.25, 0.3) is 0 Å². The summed E-state index contributed by atoms with van der Waals surface area (Å²) in [6.45, 7) is 4.96. The zero-order chi connectivity index (χ0) is 9.68. The van der Waals surface area contributed by atoms with Gasteiger partial charge < -0.3 is 4.81 Å². The van der Waals surface area contributed by atoms with Crippen LogP contribution in [0, 0.1) is 0 Å². The monoisotopic (exact) mass is 173 g/mol. The molecule has 0 atom stereocenters. The molecular formula is C11H16BN. The van der Waals surface area contributed by atoms with Gasteiger partial charge in [-0.05, 0) is 24.5 Å². The fraction of sp³-hybridized carbons (Fsp3) is 0.455. The molecule has 1 aliphatic heterocycles. The molecule has 1 aliphatic carbocycles. The summed E-state index contributed by atoms with van der Waals surface area (Å²) in [6.07, 6.45) is 10.7. The van der Waals surface area contributed by atoms with Gasteiger partial charge in [-0.3, -0.25) is 0 Å². The van der Waals surface area contributed by atoms with Gasteiger partial charge in [-0.2, -0.15) is 0 Å². The summed E-state index contributed by atoms with van der Waals surface area (Å²) in [4.78, 5) is 1.82. The molecule has 0 bridgehead atoms. The molecule has 2 radical (unpaired) electrons. The van der Waals surface area contributed by atoms with Crippen LogP contribution in [0.4, 0.5) is 0 Å². The van der Waals surface area contributed by atoms with E-state index in [0.29, 0.717) is 0 Å². The highest BCUT2D eigenvalue weighted by Crippen LogP contribution is 2.24. The third-order valence-electron chi connectivity index (χ3n) is 2.13. The fourth-order valence-electron chi connectivity index (χ4n) is 1.51. The zero-order valence-corrected chi connectivity index (χ0v) is 8.46. The Morgan fingerprint density at radius 3 is 2.69 bits per heavy atom. The minimum absolute atomic E-state index is 0.958. The van der Waals surface area contributed by atoms with E-state index in [1.165, 1.54) is 11.3 Å². The quantitative estimate of drug-likeness (QED) is 0.509. The maximum Gasteiger partial charge on any atom is 0.226 e. The Morgan fingerprint density at radius 1 is 1.23 bits per heavy atom. The van der Waals surface area contributed by atoms with Crippen LogP contribution in [0.2, 0.25) is 0 Å². The van der Waals surface area contributed by atoms with Crippen molar-refractivity contribution in [2.45, 2.75) is 26.7 Å². The number of nitrogens with zero attached hydrogens (tertiary/aromatic N) is 1. The van der Waals surface area contributed by atoms with Crippen LogP contribution in [-0.4, -0.2) is 19.3 Å². The molecule has 0 aromatic rings. The Kier molecular flexibility index (Phi) is 3.87. The Hall–Kier alpha value is -0.915. The molecule has 0 amide bonds. The fourth-order valence-corrected chi connectivity index (χ4v) is 1.51. The molecule has 0 spiro atoms. The van der Waals surface area contributed by atoms with E-state index in [2.05, 4.69) is 24.3 Å². The van der Waals surface area contributed by atoms with Crippen molar-refractivity contribution >= 4 is 7.98 Å². The second kappa shape index (κ2) is 4.95. The molecule has 0 aromatic carbocycles. The van der Waals surface area contributed by atoms with Crippen molar-refractivity contribution in [3.8, 4) is 0 Å². The maximum absolute atomic E-state index is 5.75. The third-order valence-corrected chi connectivity index (χ3v) is 2.13. The molecule has 0 N–H and O–H groups in total. The number of hydrogen-bond donors (Lipinski definition) is 0. The molecule has 68 valence electrons. The van der Waals surface area contributed by atoms with Gasteiger partial charge in [0.1, 0.15) is 0 Å². The molecular weight excluding hydrogens is 157 g/mol. The van der Waals surface area contributed by atoms with Crippen molar-refractivity contribution in [2.75, 3.05) is 6.54 Å². The highest BCUT2D eigenvalue weighted by Gasteiger charge is 2.14. The van der Waals surface area contributed by atoms with Crippen LogP contribution in [0.1, 0.15) is 26.7 Å². The molecule has 13 heavy (non-hydrogen) atoms. The maximum atomic E-state index is 5.75. The highest BCUT2D eigenvalue weighted by molar-refractivity contribution is 6.06. The Morgan fingerprint density at radius 2 is 1.92 bits per heavy atom. The van der Waals surface area contributed by atoms with E-state index in [0.717, 1.165) is 19.4 Å². The summed E-state index contributed by atoms with van der Waals surface area (Å²) in [7, 11) is 5.75. The van der Waals surface area contributed by atoms with Gasteiger partial charge in [0.2, 0.25) is 7.98 Å². The molecule has 0 unspecified atom stereocenters. The van der Waals surface area contributed by atoms with Gasteiger partial charge in [-0.1, -0.05) is 32.1 Å². The number of allylic oxidation sites excluding steroid dienone is 4. The lowest BCUT2D eigenvalue weighted by atomic mass is 10.2. The summed E-state index contributed by atoms with van der Waals surface area (Å²) in [5.74, 6) is 0.